The van der Waals surface area contributed by atoms with E-state index in [9.17, 15) is 4.79 Å². The highest BCUT2D eigenvalue weighted by Crippen LogP contribution is 2.33. The average Bonchev–Trinajstić information content (AvgIpc) is 2.70. The van der Waals surface area contributed by atoms with Gasteiger partial charge in [-0.3, -0.25) is 9.48 Å². The number of hydrogen-bond acceptors (Lipinski definition) is 3. The Hall–Kier alpha value is -1.36. The highest BCUT2D eigenvalue weighted by Gasteiger charge is 2.38. The molecule has 1 saturated carbocycles. The predicted molar refractivity (Wildman–Crippen MR) is 55.8 cm³/mol. The summed E-state index contributed by atoms with van der Waals surface area (Å²) in [5.41, 5.74) is 10.5. The van der Waals surface area contributed by atoms with Crippen LogP contribution in [0.2, 0.25) is 0 Å². The van der Waals surface area contributed by atoms with Crippen molar-refractivity contribution in [1.82, 2.24) is 9.78 Å². The molecule has 1 aliphatic carbocycles. The van der Waals surface area contributed by atoms with Crippen LogP contribution >= 0.6 is 0 Å². The van der Waals surface area contributed by atoms with E-state index >= 15 is 0 Å². The van der Waals surface area contributed by atoms with Crippen molar-refractivity contribution in [3.63, 3.8) is 0 Å². The van der Waals surface area contributed by atoms with Crippen LogP contribution in [-0.2, 0) is 4.79 Å². The SMILES string of the molecule is NC(=O)C1(N)CCCC(n2cccn2)C1. The number of carbonyl (C=O) groups is 1. The first-order chi connectivity index (χ1) is 7.12. The second-order valence-corrected chi connectivity index (χ2v) is 4.26. The highest BCUT2D eigenvalue weighted by atomic mass is 16.1. The van der Waals surface area contributed by atoms with E-state index in [0.29, 0.717) is 12.8 Å². The van der Waals surface area contributed by atoms with Crippen molar-refractivity contribution >= 4 is 5.91 Å². The van der Waals surface area contributed by atoms with Crippen molar-refractivity contribution in [2.24, 2.45) is 11.5 Å². The van der Waals surface area contributed by atoms with Crippen molar-refractivity contribution in [2.75, 3.05) is 0 Å². The third-order valence-electron chi connectivity index (χ3n) is 3.15. The molecule has 2 rings (SSSR count). The Morgan fingerprint density at radius 2 is 2.40 bits per heavy atom. The van der Waals surface area contributed by atoms with Crippen LogP contribution in [0, 0.1) is 0 Å². The summed E-state index contributed by atoms with van der Waals surface area (Å²) in [6, 6.07) is 2.07. The molecule has 2 unspecified atom stereocenters. The van der Waals surface area contributed by atoms with E-state index in [1.807, 2.05) is 16.9 Å². The van der Waals surface area contributed by atoms with Gasteiger partial charge >= 0.3 is 0 Å². The standard InChI is InChI=1S/C10H16N4O/c11-9(15)10(12)4-1-3-8(7-10)14-6-2-5-13-14/h2,5-6,8H,1,3-4,7,12H2,(H2,11,15). The molecule has 0 radical (unpaired) electrons. The fourth-order valence-corrected chi connectivity index (χ4v) is 2.22. The number of primary amides is 1. The van der Waals surface area contributed by atoms with Crippen LogP contribution in [0.1, 0.15) is 31.7 Å². The molecule has 1 aromatic rings. The lowest BCUT2D eigenvalue weighted by Gasteiger charge is -2.35. The number of nitrogens with zero attached hydrogens (tertiary/aromatic N) is 2. The first-order valence-electron chi connectivity index (χ1n) is 5.20. The summed E-state index contributed by atoms with van der Waals surface area (Å²) >= 11 is 0. The summed E-state index contributed by atoms with van der Waals surface area (Å²) in [5, 5.41) is 4.17. The number of aromatic nitrogens is 2. The molecule has 0 aromatic carbocycles. The van der Waals surface area contributed by atoms with E-state index in [1.165, 1.54) is 0 Å². The topological polar surface area (TPSA) is 86.9 Å². The molecule has 5 heteroatoms. The molecule has 0 aliphatic heterocycles. The van der Waals surface area contributed by atoms with E-state index in [4.69, 9.17) is 11.5 Å². The van der Waals surface area contributed by atoms with Gasteiger partial charge < -0.3 is 11.5 Å². The Kier molecular flexibility index (Phi) is 2.48. The van der Waals surface area contributed by atoms with Crippen LogP contribution < -0.4 is 11.5 Å². The highest BCUT2D eigenvalue weighted by molar-refractivity contribution is 5.84. The maximum absolute atomic E-state index is 11.3. The van der Waals surface area contributed by atoms with Crippen molar-refractivity contribution in [3.05, 3.63) is 18.5 Å². The number of rotatable bonds is 2. The van der Waals surface area contributed by atoms with Crippen LogP contribution in [0.5, 0.6) is 0 Å². The summed E-state index contributed by atoms with van der Waals surface area (Å²) in [5.74, 6) is -0.403. The summed E-state index contributed by atoms with van der Waals surface area (Å²) in [6.07, 6.45) is 6.83. The van der Waals surface area contributed by atoms with Gasteiger partial charge in [0.25, 0.3) is 0 Å². The van der Waals surface area contributed by atoms with Crippen LogP contribution in [0.3, 0.4) is 0 Å². The van der Waals surface area contributed by atoms with Gasteiger partial charge in [0.2, 0.25) is 5.91 Å². The maximum Gasteiger partial charge on any atom is 0.237 e. The van der Waals surface area contributed by atoms with Crippen LogP contribution in [0.15, 0.2) is 18.5 Å². The second-order valence-electron chi connectivity index (χ2n) is 4.26. The fraction of sp³-hybridized carbons (Fsp3) is 0.600. The van der Waals surface area contributed by atoms with Crippen molar-refractivity contribution < 1.29 is 4.79 Å². The number of carbonyl (C=O) groups excluding carboxylic acids is 1. The molecule has 0 bridgehead atoms. The molecule has 1 heterocycles. The zero-order valence-corrected chi connectivity index (χ0v) is 8.60. The molecule has 4 N–H and O–H groups in total. The van der Waals surface area contributed by atoms with E-state index in [-0.39, 0.29) is 6.04 Å². The van der Waals surface area contributed by atoms with Crippen LogP contribution in [-0.4, -0.2) is 21.2 Å². The Morgan fingerprint density at radius 1 is 1.60 bits per heavy atom. The first kappa shape index (κ1) is 10.2. The fourth-order valence-electron chi connectivity index (χ4n) is 2.22. The van der Waals surface area contributed by atoms with Gasteiger partial charge in [-0.05, 0) is 31.7 Å². The zero-order chi connectivity index (χ0) is 10.9. The molecule has 2 atom stereocenters. The third-order valence-corrected chi connectivity index (χ3v) is 3.15. The summed E-state index contributed by atoms with van der Waals surface area (Å²) in [4.78, 5) is 11.3. The maximum atomic E-state index is 11.3. The van der Waals surface area contributed by atoms with E-state index in [0.717, 1.165) is 12.8 Å². The molecular formula is C10H16N4O. The molecule has 0 spiro atoms. The van der Waals surface area contributed by atoms with Gasteiger partial charge in [0.1, 0.15) is 0 Å². The van der Waals surface area contributed by atoms with Crippen molar-refractivity contribution in [2.45, 2.75) is 37.3 Å². The largest absolute Gasteiger partial charge is 0.368 e. The van der Waals surface area contributed by atoms with E-state index < -0.39 is 11.4 Å². The Labute approximate surface area is 88.4 Å². The van der Waals surface area contributed by atoms with Gasteiger partial charge in [-0.1, -0.05) is 0 Å². The summed E-state index contributed by atoms with van der Waals surface area (Å²) < 4.78 is 1.86. The number of amides is 1. The van der Waals surface area contributed by atoms with Crippen molar-refractivity contribution in [1.29, 1.82) is 0 Å². The van der Waals surface area contributed by atoms with Crippen LogP contribution in [0.4, 0.5) is 0 Å². The minimum atomic E-state index is -0.852. The van der Waals surface area contributed by atoms with Gasteiger partial charge in [-0.15, -0.1) is 0 Å². The molecule has 15 heavy (non-hydrogen) atoms. The minimum absolute atomic E-state index is 0.200. The van der Waals surface area contributed by atoms with E-state index in [2.05, 4.69) is 5.10 Å². The zero-order valence-electron chi connectivity index (χ0n) is 8.60. The lowest BCUT2D eigenvalue weighted by atomic mass is 9.79. The number of nitrogens with two attached hydrogens (primary N) is 2. The average molecular weight is 208 g/mol. The minimum Gasteiger partial charge on any atom is -0.368 e. The Morgan fingerprint density at radius 3 is 3.00 bits per heavy atom. The third kappa shape index (κ3) is 1.87. The lowest BCUT2D eigenvalue weighted by molar-refractivity contribution is -0.124. The second kappa shape index (κ2) is 3.66. The summed E-state index contributed by atoms with van der Waals surface area (Å²) in [7, 11) is 0. The molecule has 0 saturated heterocycles. The molecule has 82 valence electrons. The molecule has 5 nitrogen and oxygen atoms in total. The Balaban J connectivity index is 2.14. The molecule has 1 aliphatic rings. The first-order valence-corrected chi connectivity index (χ1v) is 5.20. The van der Waals surface area contributed by atoms with Gasteiger partial charge in [0.05, 0.1) is 11.6 Å². The monoisotopic (exact) mass is 208 g/mol. The molecule has 1 amide bonds. The molecular weight excluding hydrogens is 192 g/mol. The van der Waals surface area contributed by atoms with Gasteiger partial charge in [0.15, 0.2) is 0 Å². The quantitative estimate of drug-likeness (QED) is 0.726. The van der Waals surface area contributed by atoms with Gasteiger partial charge in [-0.2, -0.15) is 5.10 Å². The summed E-state index contributed by atoms with van der Waals surface area (Å²) in [6.45, 7) is 0. The van der Waals surface area contributed by atoms with Crippen molar-refractivity contribution in [3.8, 4) is 0 Å². The normalized spacial score (nSPS) is 31.4. The van der Waals surface area contributed by atoms with E-state index in [1.54, 1.807) is 6.20 Å². The lowest BCUT2D eigenvalue weighted by Crippen LogP contribution is -2.54. The molecule has 1 aromatic heterocycles. The predicted octanol–water partition coefficient (Wildman–Crippen LogP) is 0.181. The van der Waals surface area contributed by atoms with Crippen LogP contribution in [0.25, 0.3) is 0 Å². The van der Waals surface area contributed by atoms with Gasteiger partial charge in [-0.25, -0.2) is 0 Å². The molecule has 1 fully saturated rings. The smallest absolute Gasteiger partial charge is 0.237 e. The van der Waals surface area contributed by atoms with Gasteiger partial charge in [0, 0.05) is 12.4 Å². The number of hydrogen-bond donors (Lipinski definition) is 2. The Bertz CT molecular complexity index is 348.